The first-order valence-corrected chi connectivity index (χ1v) is 7.26. The summed E-state index contributed by atoms with van der Waals surface area (Å²) in [5.74, 6) is 0.394. The Morgan fingerprint density at radius 1 is 1.24 bits per heavy atom. The fourth-order valence-corrected chi connectivity index (χ4v) is 2.01. The van der Waals surface area contributed by atoms with Crippen LogP contribution < -0.4 is 10.1 Å². The number of carbonyl (C=O) groups is 2. The zero-order valence-corrected chi connectivity index (χ0v) is 13.0. The highest BCUT2D eigenvalue weighted by atomic mass is 16.5. The zero-order valence-electron chi connectivity index (χ0n) is 13.0. The summed E-state index contributed by atoms with van der Waals surface area (Å²) >= 11 is 0. The molecule has 0 bridgehead atoms. The normalized spacial score (nSPS) is 10.0. The largest absolute Gasteiger partial charge is 0.496 e. The molecule has 0 radical (unpaired) electrons. The third-order valence-electron chi connectivity index (χ3n) is 3.25. The van der Waals surface area contributed by atoms with E-state index in [0.717, 1.165) is 19.4 Å². The second-order valence-electron chi connectivity index (χ2n) is 4.82. The number of hydrogen-bond donors (Lipinski definition) is 1. The summed E-state index contributed by atoms with van der Waals surface area (Å²) in [6, 6.07) is 7.07. The number of carbonyl (C=O) groups excluding carboxylic acids is 2. The van der Waals surface area contributed by atoms with Gasteiger partial charge in [-0.1, -0.05) is 25.5 Å². The lowest BCUT2D eigenvalue weighted by Gasteiger charge is -2.21. The maximum absolute atomic E-state index is 12.1. The van der Waals surface area contributed by atoms with E-state index in [1.54, 1.807) is 30.0 Å². The van der Waals surface area contributed by atoms with Crippen LogP contribution in [0, 0.1) is 0 Å². The number of benzene rings is 1. The van der Waals surface area contributed by atoms with Crippen molar-refractivity contribution in [2.24, 2.45) is 0 Å². The highest BCUT2D eigenvalue weighted by Gasteiger charge is 2.12. The molecule has 0 saturated heterocycles. The van der Waals surface area contributed by atoms with Gasteiger partial charge in [0.1, 0.15) is 5.75 Å². The van der Waals surface area contributed by atoms with Crippen LogP contribution in [-0.2, 0) is 4.79 Å². The van der Waals surface area contributed by atoms with Crippen molar-refractivity contribution in [2.75, 3.05) is 26.7 Å². The van der Waals surface area contributed by atoms with E-state index in [1.165, 1.54) is 7.11 Å². The van der Waals surface area contributed by atoms with Gasteiger partial charge < -0.3 is 15.0 Å². The second kappa shape index (κ2) is 9.00. The Morgan fingerprint density at radius 3 is 2.57 bits per heavy atom. The van der Waals surface area contributed by atoms with Crippen molar-refractivity contribution < 1.29 is 14.3 Å². The van der Waals surface area contributed by atoms with E-state index in [-0.39, 0.29) is 11.8 Å². The van der Waals surface area contributed by atoms with E-state index in [9.17, 15) is 9.59 Å². The molecule has 1 aromatic rings. The van der Waals surface area contributed by atoms with Gasteiger partial charge >= 0.3 is 0 Å². The molecule has 0 saturated carbocycles. The van der Waals surface area contributed by atoms with Crippen LogP contribution in [0.15, 0.2) is 24.3 Å². The molecule has 0 aromatic heterocycles. The molecule has 1 aromatic carbocycles. The van der Waals surface area contributed by atoms with Crippen LogP contribution in [0.3, 0.4) is 0 Å². The van der Waals surface area contributed by atoms with Crippen molar-refractivity contribution in [3.8, 4) is 5.75 Å². The van der Waals surface area contributed by atoms with Crippen molar-refractivity contribution in [3.63, 3.8) is 0 Å². The summed E-state index contributed by atoms with van der Waals surface area (Å²) in [5.41, 5.74) is 0.503. The third-order valence-corrected chi connectivity index (χ3v) is 3.25. The third kappa shape index (κ3) is 5.45. The lowest BCUT2D eigenvalue weighted by molar-refractivity contribution is -0.128. The number of ether oxygens (including phenoxy) is 1. The maximum atomic E-state index is 12.1. The fraction of sp³-hybridized carbons (Fsp3) is 0.500. The number of hydrogen-bond acceptors (Lipinski definition) is 3. The van der Waals surface area contributed by atoms with E-state index >= 15 is 0 Å². The van der Waals surface area contributed by atoms with Gasteiger partial charge in [0.2, 0.25) is 5.91 Å². The molecule has 0 aliphatic heterocycles. The second-order valence-corrected chi connectivity index (χ2v) is 4.82. The van der Waals surface area contributed by atoms with Gasteiger partial charge in [0.15, 0.2) is 0 Å². The molecule has 0 fully saturated rings. The molecular weight excluding hydrogens is 268 g/mol. The SMILES string of the molecule is CCCCN(CCNC(=O)c1ccccc1OC)C(C)=O. The van der Waals surface area contributed by atoms with Gasteiger partial charge in [-0.3, -0.25) is 9.59 Å². The molecule has 0 aliphatic carbocycles. The van der Waals surface area contributed by atoms with E-state index in [0.29, 0.717) is 24.4 Å². The number of rotatable bonds is 8. The van der Waals surface area contributed by atoms with Crippen LogP contribution in [0.2, 0.25) is 0 Å². The van der Waals surface area contributed by atoms with Crippen LogP contribution in [0.4, 0.5) is 0 Å². The van der Waals surface area contributed by atoms with Gasteiger partial charge in [-0.05, 0) is 18.6 Å². The standard InChI is InChI=1S/C16H24N2O3/c1-4-5-11-18(13(2)19)12-10-17-16(20)14-8-6-7-9-15(14)21-3/h6-9H,4-5,10-12H2,1-3H3,(H,17,20). The van der Waals surface area contributed by atoms with Crippen molar-refractivity contribution in [1.82, 2.24) is 10.2 Å². The van der Waals surface area contributed by atoms with E-state index < -0.39 is 0 Å². The summed E-state index contributed by atoms with van der Waals surface area (Å²) in [6.45, 7) is 5.33. The highest BCUT2D eigenvalue weighted by molar-refractivity contribution is 5.96. The van der Waals surface area contributed by atoms with Crippen LogP contribution in [0.5, 0.6) is 5.75 Å². The lowest BCUT2D eigenvalue weighted by Crippen LogP contribution is -2.38. The summed E-state index contributed by atoms with van der Waals surface area (Å²) in [7, 11) is 1.54. The molecule has 1 N–H and O–H groups in total. The van der Waals surface area contributed by atoms with Gasteiger partial charge in [0.25, 0.3) is 5.91 Å². The Hall–Kier alpha value is -2.04. The molecular formula is C16H24N2O3. The molecule has 5 nitrogen and oxygen atoms in total. The molecule has 0 unspecified atom stereocenters. The molecule has 0 atom stereocenters. The van der Waals surface area contributed by atoms with E-state index in [1.807, 2.05) is 6.07 Å². The fourth-order valence-electron chi connectivity index (χ4n) is 2.01. The predicted octanol–water partition coefficient (Wildman–Crippen LogP) is 2.07. The summed E-state index contributed by atoms with van der Waals surface area (Å²) in [4.78, 5) is 25.3. The van der Waals surface area contributed by atoms with Gasteiger partial charge in [0, 0.05) is 26.6 Å². The van der Waals surface area contributed by atoms with Crippen molar-refractivity contribution in [3.05, 3.63) is 29.8 Å². The number of nitrogens with zero attached hydrogens (tertiary/aromatic N) is 1. The first-order valence-electron chi connectivity index (χ1n) is 7.26. The van der Waals surface area contributed by atoms with Crippen LogP contribution in [0.1, 0.15) is 37.0 Å². The molecule has 1 rings (SSSR count). The summed E-state index contributed by atoms with van der Waals surface area (Å²) in [5, 5.41) is 2.82. The Kier molecular flexibility index (Phi) is 7.29. The Morgan fingerprint density at radius 2 is 1.95 bits per heavy atom. The minimum atomic E-state index is -0.188. The molecule has 2 amide bonds. The average Bonchev–Trinajstić information content (AvgIpc) is 2.50. The number of nitrogens with one attached hydrogen (secondary N) is 1. The van der Waals surface area contributed by atoms with Gasteiger partial charge in [0.05, 0.1) is 12.7 Å². The number of amides is 2. The minimum Gasteiger partial charge on any atom is -0.496 e. The first-order chi connectivity index (χ1) is 10.1. The van der Waals surface area contributed by atoms with Crippen molar-refractivity contribution >= 4 is 11.8 Å². The molecule has 0 heterocycles. The molecule has 116 valence electrons. The molecule has 21 heavy (non-hydrogen) atoms. The van der Waals surface area contributed by atoms with Crippen molar-refractivity contribution in [2.45, 2.75) is 26.7 Å². The molecule has 0 spiro atoms. The number of unbranched alkanes of at least 4 members (excludes halogenated alkanes) is 1. The topological polar surface area (TPSA) is 58.6 Å². The minimum absolute atomic E-state index is 0.0370. The van der Waals surface area contributed by atoms with E-state index in [2.05, 4.69) is 12.2 Å². The Labute approximate surface area is 126 Å². The van der Waals surface area contributed by atoms with Crippen LogP contribution in [-0.4, -0.2) is 43.5 Å². The maximum Gasteiger partial charge on any atom is 0.255 e. The Balaban J connectivity index is 2.50. The summed E-state index contributed by atoms with van der Waals surface area (Å²) in [6.07, 6.45) is 2.01. The Bertz CT molecular complexity index is 474. The zero-order chi connectivity index (χ0) is 15.7. The summed E-state index contributed by atoms with van der Waals surface area (Å²) < 4.78 is 5.16. The van der Waals surface area contributed by atoms with Gasteiger partial charge in [-0.15, -0.1) is 0 Å². The predicted molar refractivity (Wildman–Crippen MR) is 82.5 cm³/mol. The number of methoxy groups -OCH3 is 1. The van der Waals surface area contributed by atoms with Crippen LogP contribution in [0.25, 0.3) is 0 Å². The monoisotopic (exact) mass is 292 g/mol. The highest BCUT2D eigenvalue weighted by Crippen LogP contribution is 2.16. The molecule has 0 aliphatic rings. The first kappa shape index (κ1) is 17.0. The van der Waals surface area contributed by atoms with E-state index in [4.69, 9.17) is 4.74 Å². The average molecular weight is 292 g/mol. The van der Waals surface area contributed by atoms with Gasteiger partial charge in [-0.25, -0.2) is 0 Å². The quantitative estimate of drug-likeness (QED) is 0.798. The number of para-hydroxylation sites is 1. The molecule has 5 heteroatoms. The van der Waals surface area contributed by atoms with Crippen LogP contribution >= 0.6 is 0 Å². The smallest absolute Gasteiger partial charge is 0.255 e. The van der Waals surface area contributed by atoms with Crippen molar-refractivity contribution in [1.29, 1.82) is 0 Å². The lowest BCUT2D eigenvalue weighted by atomic mass is 10.2. The van der Waals surface area contributed by atoms with Gasteiger partial charge in [-0.2, -0.15) is 0 Å².